The van der Waals surface area contributed by atoms with Gasteiger partial charge in [0.1, 0.15) is 17.0 Å². The molecule has 0 saturated carbocycles. The van der Waals surface area contributed by atoms with Gasteiger partial charge in [-0.15, -0.1) is 0 Å². The number of H-pyrrole nitrogens is 1. The Morgan fingerprint density at radius 1 is 1.29 bits per heavy atom. The second-order valence-electron chi connectivity index (χ2n) is 3.98. The van der Waals surface area contributed by atoms with Gasteiger partial charge >= 0.3 is 6.18 Å². The zero-order valence-electron chi connectivity index (χ0n) is 10.1. The van der Waals surface area contributed by atoms with Crippen molar-refractivity contribution in [2.24, 2.45) is 0 Å². The van der Waals surface area contributed by atoms with Gasteiger partial charge in [-0.3, -0.25) is 0 Å². The van der Waals surface area contributed by atoms with Gasteiger partial charge in [0.15, 0.2) is 17.2 Å². The second-order valence-corrected chi connectivity index (χ2v) is 4.34. The van der Waals surface area contributed by atoms with Crippen molar-refractivity contribution in [3.63, 3.8) is 0 Å². The monoisotopic (exact) mass is 318 g/mol. The summed E-state index contributed by atoms with van der Waals surface area (Å²) in [6.07, 6.45) is -2.30. The first-order valence-electron chi connectivity index (χ1n) is 5.53. The molecule has 0 amide bonds. The average Bonchev–Trinajstić information content (AvgIpc) is 3.01. The number of halogens is 4. The summed E-state index contributed by atoms with van der Waals surface area (Å²) in [5, 5.41) is 12.1. The molecule has 11 heteroatoms. The Kier molecular flexibility index (Phi) is 3.06. The molecule has 0 fully saturated rings. The molecule has 0 radical (unpaired) electrons. The molecule has 3 heterocycles. The third-order valence-electron chi connectivity index (χ3n) is 2.75. The van der Waals surface area contributed by atoms with E-state index in [0.29, 0.717) is 0 Å². The van der Waals surface area contributed by atoms with E-state index in [9.17, 15) is 13.2 Å². The van der Waals surface area contributed by atoms with Crippen LogP contribution in [0.4, 0.5) is 13.2 Å². The molecule has 2 N–H and O–H groups in total. The van der Waals surface area contributed by atoms with E-state index in [1.165, 1.54) is 6.33 Å². The molecule has 3 aromatic heterocycles. The van der Waals surface area contributed by atoms with Crippen molar-refractivity contribution in [1.29, 1.82) is 0 Å². The number of aromatic nitrogens is 6. The van der Waals surface area contributed by atoms with Gasteiger partial charge in [0.2, 0.25) is 0 Å². The van der Waals surface area contributed by atoms with E-state index in [1.54, 1.807) is 0 Å². The molecule has 0 bridgehead atoms. The topological polar surface area (TPSA) is 92.5 Å². The number of aliphatic hydroxyl groups excluding tert-OH is 1. The third-order valence-corrected chi connectivity index (χ3v) is 3.14. The molecule has 0 aliphatic carbocycles. The van der Waals surface area contributed by atoms with Crippen LogP contribution in [0, 0.1) is 0 Å². The summed E-state index contributed by atoms with van der Waals surface area (Å²) in [6, 6.07) is 0. The van der Waals surface area contributed by atoms with Gasteiger partial charge in [0.05, 0.1) is 12.9 Å². The van der Waals surface area contributed by atoms with Crippen LogP contribution in [0.1, 0.15) is 11.3 Å². The van der Waals surface area contributed by atoms with Crippen LogP contribution >= 0.6 is 11.6 Å². The summed E-state index contributed by atoms with van der Waals surface area (Å²) in [4.78, 5) is 14.3. The number of alkyl halides is 3. The Labute approximate surface area is 119 Å². The molecular formula is C10H6ClF3N6O. The van der Waals surface area contributed by atoms with Crippen molar-refractivity contribution in [2.45, 2.75) is 12.8 Å². The number of rotatable bonds is 2. The second kappa shape index (κ2) is 4.67. The maximum absolute atomic E-state index is 12.9. The third kappa shape index (κ3) is 2.12. The van der Waals surface area contributed by atoms with E-state index in [2.05, 4.69) is 25.0 Å². The molecule has 0 aliphatic rings. The molecule has 0 aromatic carbocycles. The lowest BCUT2D eigenvalue weighted by molar-refractivity contribution is -0.142. The van der Waals surface area contributed by atoms with E-state index < -0.39 is 24.0 Å². The van der Waals surface area contributed by atoms with Crippen LogP contribution in [0.5, 0.6) is 0 Å². The smallest absolute Gasteiger partial charge is 0.391 e. The van der Waals surface area contributed by atoms with E-state index in [1.807, 2.05) is 0 Å². The van der Waals surface area contributed by atoms with E-state index in [4.69, 9.17) is 16.7 Å². The molecule has 110 valence electrons. The number of aromatic amines is 1. The molecule has 3 aromatic rings. The van der Waals surface area contributed by atoms with Gasteiger partial charge in [-0.05, 0) is 0 Å². The van der Waals surface area contributed by atoms with Crippen LogP contribution in [0.25, 0.3) is 17.0 Å². The number of fused-ring (bicyclic) bond motifs is 1. The first-order valence-corrected chi connectivity index (χ1v) is 5.91. The Morgan fingerprint density at radius 3 is 2.67 bits per heavy atom. The number of imidazole rings is 1. The fourth-order valence-electron chi connectivity index (χ4n) is 1.85. The SMILES string of the molecule is OCc1c(C(F)(F)F)nn(-c2ncnc3nc[nH]c23)c1Cl. The van der Waals surface area contributed by atoms with Crippen LogP contribution in [-0.4, -0.2) is 34.8 Å². The first kappa shape index (κ1) is 13.8. The van der Waals surface area contributed by atoms with Gasteiger partial charge < -0.3 is 10.1 Å². The lowest BCUT2D eigenvalue weighted by atomic mass is 10.2. The molecular weight excluding hydrogens is 313 g/mol. The molecule has 0 atom stereocenters. The highest BCUT2D eigenvalue weighted by Gasteiger charge is 2.39. The summed E-state index contributed by atoms with van der Waals surface area (Å²) < 4.78 is 39.5. The Balaban J connectivity index is 2.29. The number of aliphatic hydroxyl groups is 1. The van der Waals surface area contributed by atoms with E-state index >= 15 is 0 Å². The van der Waals surface area contributed by atoms with Crippen molar-refractivity contribution >= 4 is 22.8 Å². The quantitative estimate of drug-likeness (QED) is 0.750. The van der Waals surface area contributed by atoms with Crippen molar-refractivity contribution < 1.29 is 18.3 Å². The van der Waals surface area contributed by atoms with Gasteiger partial charge in [0, 0.05) is 5.56 Å². The molecule has 0 spiro atoms. The number of nitrogens with zero attached hydrogens (tertiary/aromatic N) is 5. The number of nitrogens with one attached hydrogen (secondary N) is 1. The van der Waals surface area contributed by atoms with Crippen LogP contribution in [0.3, 0.4) is 0 Å². The molecule has 3 rings (SSSR count). The van der Waals surface area contributed by atoms with Crippen LogP contribution < -0.4 is 0 Å². The predicted octanol–water partition coefficient (Wildman–Crippen LogP) is 1.70. The fraction of sp³-hybridized carbons (Fsp3) is 0.200. The molecule has 0 unspecified atom stereocenters. The summed E-state index contributed by atoms with van der Waals surface area (Å²) in [5.74, 6) is 0.00713. The van der Waals surface area contributed by atoms with Crippen molar-refractivity contribution in [1.82, 2.24) is 29.7 Å². The van der Waals surface area contributed by atoms with Gasteiger partial charge in [-0.25, -0.2) is 19.6 Å². The molecule has 0 saturated heterocycles. The minimum absolute atomic E-state index is 0.00713. The molecule has 0 aliphatic heterocycles. The van der Waals surface area contributed by atoms with Gasteiger partial charge in [-0.2, -0.15) is 18.3 Å². The maximum atomic E-state index is 12.9. The lowest BCUT2D eigenvalue weighted by Gasteiger charge is -2.03. The van der Waals surface area contributed by atoms with Crippen molar-refractivity contribution in [3.8, 4) is 5.82 Å². The Morgan fingerprint density at radius 2 is 2.05 bits per heavy atom. The zero-order valence-corrected chi connectivity index (χ0v) is 10.8. The lowest BCUT2D eigenvalue weighted by Crippen LogP contribution is -2.10. The summed E-state index contributed by atoms with van der Waals surface area (Å²) in [7, 11) is 0. The van der Waals surface area contributed by atoms with Gasteiger partial charge in [-0.1, -0.05) is 11.6 Å². The standard InChI is InChI=1S/C10H6ClF3N6O/c11-7-4(1-21)6(10(12,13)14)19-20(7)9-5-8(16-2-15-5)17-3-18-9/h2-3,21H,1H2,(H,15,16,17,18). The number of hydrogen-bond donors (Lipinski definition) is 2. The highest BCUT2D eigenvalue weighted by atomic mass is 35.5. The largest absolute Gasteiger partial charge is 0.435 e. The maximum Gasteiger partial charge on any atom is 0.435 e. The Hall–Kier alpha value is -2.20. The molecule has 21 heavy (non-hydrogen) atoms. The van der Waals surface area contributed by atoms with Crippen LogP contribution in [-0.2, 0) is 12.8 Å². The number of hydrogen-bond acceptors (Lipinski definition) is 5. The average molecular weight is 319 g/mol. The normalized spacial score (nSPS) is 12.2. The summed E-state index contributed by atoms with van der Waals surface area (Å²) in [6.45, 7) is -0.898. The first-order chi connectivity index (χ1) is 9.93. The predicted molar refractivity (Wildman–Crippen MR) is 64.7 cm³/mol. The zero-order chi connectivity index (χ0) is 15.2. The van der Waals surface area contributed by atoms with Gasteiger partial charge in [0.25, 0.3) is 0 Å². The highest BCUT2D eigenvalue weighted by molar-refractivity contribution is 6.30. The van der Waals surface area contributed by atoms with Crippen LogP contribution in [0.15, 0.2) is 12.7 Å². The van der Waals surface area contributed by atoms with Crippen molar-refractivity contribution in [2.75, 3.05) is 0 Å². The summed E-state index contributed by atoms with van der Waals surface area (Å²) in [5.41, 5.74) is -1.25. The highest BCUT2D eigenvalue weighted by Crippen LogP contribution is 2.35. The van der Waals surface area contributed by atoms with Crippen LogP contribution in [0.2, 0.25) is 5.15 Å². The summed E-state index contributed by atoms with van der Waals surface area (Å²) >= 11 is 5.88. The Bertz CT molecular complexity index is 811. The minimum Gasteiger partial charge on any atom is -0.391 e. The van der Waals surface area contributed by atoms with E-state index in [-0.39, 0.29) is 22.1 Å². The minimum atomic E-state index is -4.74. The molecule has 7 nitrogen and oxygen atoms in total. The van der Waals surface area contributed by atoms with Crippen molar-refractivity contribution in [3.05, 3.63) is 29.1 Å². The van der Waals surface area contributed by atoms with E-state index in [0.717, 1.165) is 11.0 Å². The fourth-order valence-corrected chi connectivity index (χ4v) is 2.12.